The molecular weight excluding hydrogens is 902 g/mol. The lowest BCUT2D eigenvalue weighted by molar-refractivity contribution is -0.135. The number of halogens is 1. The van der Waals surface area contributed by atoms with Crippen molar-refractivity contribution in [2.24, 2.45) is 13.0 Å². The maximum Gasteiger partial charge on any atom is 0.330 e. The van der Waals surface area contributed by atoms with E-state index in [9.17, 15) is 24.0 Å². The van der Waals surface area contributed by atoms with E-state index in [-0.39, 0.29) is 47.4 Å². The molecule has 16 nitrogen and oxygen atoms in total. The van der Waals surface area contributed by atoms with Crippen LogP contribution < -0.4 is 26.8 Å². The van der Waals surface area contributed by atoms with Crippen molar-refractivity contribution >= 4 is 56.7 Å². The van der Waals surface area contributed by atoms with Crippen LogP contribution in [-0.2, 0) is 16.6 Å². The number of aryl methyl sites for hydroxylation is 2. The highest BCUT2D eigenvalue weighted by atomic mass is 19.1. The monoisotopic (exact) mass is 963 g/mol. The SMILES string of the molecule is CNc1ccn(-c2ccnc3c2cc([C@H](C)N2CC=C(c4c(C)cc(C(=O)N5CCC(CN6CCN(c7ccc8c(c7)n(C7CC7)c(=O)n8[C@H]7CCC(=O)NC7=O)CC6)CC5)cc4F)CC2)n3C)c(=O)c1. The van der Waals surface area contributed by atoms with Gasteiger partial charge in [0.2, 0.25) is 11.8 Å². The minimum absolute atomic E-state index is 0.0297. The molecule has 1 aliphatic carbocycles. The largest absolute Gasteiger partial charge is 0.388 e. The first-order valence-corrected chi connectivity index (χ1v) is 25.3. The molecule has 5 aliphatic rings. The highest BCUT2D eigenvalue weighted by Gasteiger charge is 2.36. The van der Waals surface area contributed by atoms with Crippen molar-refractivity contribution < 1.29 is 18.8 Å². The summed E-state index contributed by atoms with van der Waals surface area (Å²) in [4.78, 5) is 79.2. The Bertz CT molecular complexity index is 3230. The van der Waals surface area contributed by atoms with E-state index in [1.807, 2.05) is 53.8 Å². The number of carbonyl (C=O) groups excluding carboxylic acids is 3. The molecule has 1 saturated carbocycles. The number of hydrogen-bond donors (Lipinski definition) is 2. The van der Waals surface area contributed by atoms with Gasteiger partial charge in [0.15, 0.2) is 0 Å². The number of fused-ring (bicyclic) bond motifs is 2. The van der Waals surface area contributed by atoms with E-state index >= 15 is 4.39 Å². The van der Waals surface area contributed by atoms with Crippen molar-refractivity contribution in [1.29, 1.82) is 0 Å². The van der Waals surface area contributed by atoms with Crippen molar-refractivity contribution in [2.75, 3.05) is 76.2 Å². The molecule has 8 heterocycles. The Morgan fingerprint density at radius 3 is 2.35 bits per heavy atom. The van der Waals surface area contributed by atoms with E-state index in [1.54, 1.807) is 34.6 Å². The Labute approximate surface area is 411 Å². The minimum atomic E-state index is -0.696. The number of benzene rings is 2. The molecule has 4 aromatic heterocycles. The van der Waals surface area contributed by atoms with Gasteiger partial charge in [-0.1, -0.05) is 6.08 Å². The number of rotatable bonds is 11. The second-order valence-electron chi connectivity index (χ2n) is 20.3. The van der Waals surface area contributed by atoms with E-state index in [1.165, 1.54) is 6.07 Å². The Morgan fingerprint density at radius 2 is 1.66 bits per heavy atom. The van der Waals surface area contributed by atoms with Gasteiger partial charge in [-0.05, 0) is 118 Å². The average molecular weight is 964 g/mol. The normalized spacial score (nSPS) is 20.2. The minimum Gasteiger partial charge on any atom is -0.388 e. The topological polar surface area (TPSA) is 155 Å². The van der Waals surface area contributed by atoms with Crippen LogP contribution in [0, 0.1) is 18.7 Å². The van der Waals surface area contributed by atoms with Crippen LogP contribution in [0.25, 0.3) is 33.3 Å². The van der Waals surface area contributed by atoms with Crippen molar-refractivity contribution in [3.8, 4) is 5.69 Å². The fourth-order valence-electron chi connectivity index (χ4n) is 11.8. The van der Waals surface area contributed by atoms with Gasteiger partial charge in [0.25, 0.3) is 11.5 Å². The summed E-state index contributed by atoms with van der Waals surface area (Å²) in [5.74, 6) is -0.726. The molecule has 6 aromatic rings. The number of nitrogens with one attached hydrogen (secondary N) is 2. The summed E-state index contributed by atoms with van der Waals surface area (Å²) in [6, 6.07) is 16.3. The summed E-state index contributed by atoms with van der Waals surface area (Å²) in [6.45, 7) is 11.2. The smallest absolute Gasteiger partial charge is 0.330 e. The second kappa shape index (κ2) is 18.7. The molecule has 17 heteroatoms. The summed E-state index contributed by atoms with van der Waals surface area (Å²) in [7, 11) is 3.79. The third kappa shape index (κ3) is 8.66. The molecule has 2 N–H and O–H groups in total. The number of carbonyl (C=O) groups is 3. The number of piperidine rings is 2. The second-order valence-corrected chi connectivity index (χ2v) is 20.3. The van der Waals surface area contributed by atoms with E-state index in [4.69, 9.17) is 0 Å². The Morgan fingerprint density at radius 1 is 0.873 bits per heavy atom. The van der Waals surface area contributed by atoms with Crippen LogP contribution in [0.3, 0.4) is 0 Å². The number of piperazine rings is 1. The zero-order chi connectivity index (χ0) is 49.2. The van der Waals surface area contributed by atoms with Gasteiger partial charge in [-0.15, -0.1) is 0 Å². The molecule has 3 saturated heterocycles. The van der Waals surface area contributed by atoms with Crippen LogP contribution in [0.1, 0.15) is 97.2 Å². The summed E-state index contributed by atoms with van der Waals surface area (Å²) >= 11 is 0. The molecule has 0 radical (unpaired) electrons. The average Bonchev–Trinajstić information content (AvgIpc) is 4.09. The quantitative estimate of drug-likeness (QED) is 0.144. The molecule has 0 spiro atoms. The molecule has 11 rings (SSSR count). The van der Waals surface area contributed by atoms with Gasteiger partial charge in [-0.25, -0.2) is 14.2 Å². The molecule has 2 atom stereocenters. The number of anilines is 2. The highest BCUT2D eigenvalue weighted by molar-refractivity contribution is 6.00. The van der Waals surface area contributed by atoms with E-state index in [2.05, 4.69) is 60.0 Å². The summed E-state index contributed by atoms with van der Waals surface area (Å²) in [6.07, 6.45) is 10.5. The standard InChI is InChI=1S/C54H62FN11O5/c1-33-27-37(28-42(55)50(33)36-14-20-61(21-15-36)34(2)46-31-41-43(11-17-57-51(41)59(46)4)64-22-16-38(56-3)29-49(64)68)53(70)63-18-12-35(13-19-63)32-60-23-25-62(26-24-60)40-7-8-44-47(30-40)65(39-5-6-39)54(71)66(44)45-9-10-48(67)58-52(45)69/h7-8,11,14,16-17,22,27-31,34-35,39,45,56H,5-6,9-10,12-13,15,18-21,23-26,32H2,1-4H3,(H,58,67,69)/t34-,45-/m0/s1. The molecule has 4 fully saturated rings. The summed E-state index contributed by atoms with van der Waals surface area (Å²) in [5.41, 5.74) is 8.43. The molecular formula is C54H62FN11O5. The van der Waals surface area contributed by atoms with Gasteiger partial charge in [0.1, 0.15) is 17.5 Å². The van der Waals surface area contributed by atoms with Crippen LogP contribution in [0.15, 0.2) is 82.7 Å². The van der Waals surface area contributed by atoms with Gasteiger partial charge in [0.05, 0.1) is 16.7 Å². The first kappa shape index (κ1) is 46.5. The molecule has 4 aliphatic heterocycles. The van der Waals surface area contributed by atoms with Gasteiger partial charge < -0.3 is 19.7 Å². The van der Waals surface area contributed by atoms with Gasteiger partial charge in [0, 0.05) is 144 Å². The summed E-state index contributed by atoms with van der Waals surface area (Å²) < 4.78 is 23.3. The van der Waals surface area contributed by atoms with Crippen molar-refractivity contribution in [3.05, 3.63) is 122 Å². The predicted octanol–water partition coefficient (Wildman–Crippen LogP) is 6.17. The first-order chi connectivity index (χ1) is 34.3. The third-order valence-electron chi connectivity index (χ3n) is 16.0. The molecule has 0 unspecified atom stereocenters. The lowest BCUT2D eigenvalue weighted by Crippen LogP contribution is -2.49. The van der Waals surface area contributed by atoms with Crippen LogP contribution in [-0.4, -0.2) is 122 Å². The number of pyridine rings is 2. The molecule has 0 bridgehead atoms. The molecule has 71 heavy (non-hydrogen) atoms. The van der Waals surface area contributed by atoms with Crippen LogP contribution >= 0.6 is 0 Å². The number of amides is 3. The highest BCUT2D eigenvalue weighted by Crippen LogP contribution is 2.39. The Hall–Kier alpha value is -6.85. The van der Waals surface area contributed by atoms with Crippen molar-refractivity contribution in [3.63, 3.8) is 0 Å². The zero-order valence-electron chi connectivity index (χ0n) is 41.0. The van der Waals surface area contributed by atoms with Crippen molar-refractivity contribution in [2.45, 2.75) is 76.9 Å². The summed E-state index contributed by atoms with van der Waals surface area (Å²) in [5, 5.41) is 6.33. The molecule has 370 valence electrons. The van der Waals surface area contributed by atoms with E-state index in [0.717, 1.165) is 121 Å². The number of imidazole rings is 1. The molecule has 2 aromatic carbocycles. The lowest BCUT2D eigenvalue weighted by atomic mass is 9.92. The first-order valence-electron chi connectivity index (χ1n) is 25.3. The maximum absolute atomic E-state index is 16.1. The maximum atomic E-state index is 16.1. The van der Waals surface area contributed by atoms with Crippen molar-refractivity contribution in [1.82, 2.24) is 43.3 Å². The van der Waals surface area contributed by atoms with Gasteiger partial charge in [-0.3, -0.25) is 48.0 Å². The number of hydrogen-bond acceptors (Lipinski definition) is 10. The fourth-order valence-corrected chi connectivity index (χ4v) is 11.8. The fraction of sp³-hybridized carbons (Fsp3) is 0.444. The third-order valence-corrected chi connectivity index (χ3v) is 16.0. The van der Waals surface area contributed by atoms with Gasteiger partial charge >= 0.3 is 5.69 Å². The zero-order valence-corrected chi connectivity index (χ0v) is 41.0. The predicted molar refractivity (Wildman–Crippen MR) is 273 cm³/mol. The number of likely N-dealkylation sites (tertiary alicyclic amines) is 1. The van der Waals surface area contributed by atoms with E-state index in [0.29, 0.717) is 49.5 Å². The van der Waals surface area contributed by atoms with Crippen LogP contribution in [0.5, 0.6) is 0 Å². The number of nitrogens with zero attached hydrogens (tertiary/aromatic N) is 9. The van der Waals surface area contributed by atoms with E-state index < -0.39 is 11.9 Å². The number of aromatic nitrogens is 5. The van der Waals surface area contributed by atoms with Crippen LogP contribution in [0.4, 0.5) is 15.8 Å². The Balaban J connectivity index is 0.686. The molecule has 3 amide bonds. The Kier molecular flexibility index (Phi) is 12.3. The van der Waals surface area contributed by atoms with Gasteiger partial charge in [-0.2, -0.15) is 0 Å². The lowest BCUT2D eigenvalue weighted by Gasteiger charge is -2.39. The van der Waals surface area contributed by atoms with Crippen LogP contribution in [0.2, 0.25) is 0 Å². The number of imide groups is 1.